The van der Waals surface area contributed by atoms with Crippen molar-refractivity contribution in [2.75, 3.05) is 0 Å². The molecule has 0 nitrogen and oxygen atoms in total. The van der Waals surface area contributed by atoms with Gasteiger partial charge >= 0.3 is 0 Å². The molecule has 0 aliphatic carbocycles. The fraction of sp³-hybridized carbons (Fsp3) is 0.750. The molecule has 0 amide bonds. The van der Waals surface area contributed by atoms with Gasteiger partial charge in [0.2, 0.25) is 0 Å². The molecule has 1 heteroatoms. The molecule has 0 heterocycles. The Labute approximate surface area is 56.5 Å². The molecule has 0 unspecified atom stereocenters. The fourth-order valence-corrected chi connectivity index (χ4v) is 0.316. The van der Waals surface area contributed by atoms with Crippen molar-refractivity contribution in [1.29, 1.82) is 0 Å². The highest BCUT2D eigenvalue weighted by Crippen LogP contribution is 2.05. The number of halogens is 1. The van der Waals surface area contributed by atoms with Crippen molar-refractivity contribution in [2.24, 2.45) is 5.92 Å². The third kappa shape index (κ3) is 7.49. The lowest BCUT2D eigenvalue weighted by Crippen LogP contribution is -2.07. The van der Waals surface area contributed by atoms with Crippen LogP contribution < -0.4 is 0 Å². The van der Waals surface area contributed by atoms with Gasteiger partial charge in [-0.3, -0.25) is 0 Å². The molecule has 0 N–H and O–H groups in total. The highest BCUT2D eigenvalue weighted by molar-refractivity contribution is 5.11. The number of rotatable bonds is 0. The predicted octanol–water partition coefficient (Wildman–Crippen LogP) is 2.39. The molecule has 0 aromatic heterocycles. The van der Waals surface area contributed by atoms with Gasteiger partial charge in [0, 0.05) is 5.92 Å². The van der Waals surface area contributed by atoms with Gasteiger partial charge in [0.1, 0.15) is 0 Å². The molecule has 0 spiro atoms. The van der Waals surface area contributed by atoms with E-state index in [0.29, 0.717) is 0 Å². The van der Waals surface area contributed by atoms with Gasteiger partial charge in [-0.25, -0.2) is 4.39 Å². The van der Waals surface area contributed by atoms with Crippen LogP contribution in [0.25, 0.3) is 0 Å². The predicted molar refractivity (Wildman–Crippen MR) is 37.8 cm³/mol. The van der Waals surface area contributed by atoms with Gasteiger partial charge < -0.3 is 0 Å². The van der Waals surface area contributed by atoms with E-state index < -0.39 is 5.67 Å². The van der Waals surface area contributed by atoms with Crippen LogP contribution in [0, 0.1) is 17.8 Å². The second-order valence-electron chi connectivity index (χ2n) is 2.90. The highest BCUT2D eigenvalue weighted by Gasteiger charge is 2.08. The van der Waals surface area contributed by atoms with Crippen molar-refractivity contribution < 1.29 is 4.39 Å². The third-order valence-electron chi connectivity index (χ3n) is 0.658. The molecule has 0 aliphatic heterocycles. The van der Waals surface area contributed by atoms with Gasteiger partial charge in [0.05, 0.1) is 0 Å². The lowest BCUT2D eigenvalue weighted by molar-refractivity contribution is 0.300. The average molecular weight is 128 g/mol. The molecule has 52 valence electrons. The van der Waals surface area contributed by atoms with E-state index in [4.69, 9.17) is 0 Å². The molecule has 0 radical (unpaired) electrons. The van der Waals surface area contributed by atoms with E-state index in [1.165, 1.54) is 13.8 Å². The van der Waals surface area contributed by atoms with Crippen LogP contribution in [-0.2, 0) is 0 Å². The Morgan fingerprint density at radius 2 is 1.78 bits per heavy atom. The topological polar surface area (TPSA) is 0 Å². The van der Waals surface area contributed by atoms with Crippen molar-refractivity contribution in [3.05, 3.63) is 0 Å². The molecule has 0 aliphatic rings. The zero-order valence-electron chi connectivity index (χ0n) is 6.46. The minimum atomic E-state index is -1.33. The van der Waals surface area contributed by atoms with Crippen molar-refractivity contribution in [2.45, 2.75) is 33.4 Å². The van der Waals surface area contributed by atoms with Crippen molar-refractivity contribution in [1.82, 2.24) is 0 Å². The van der Waals surface area contributed by atoms with Gasteiger partial charge in [-0.2, -0.15) is 0 Å². The first-order chi connectivity index (χ1) is 3.92. The molecule has 0 aromatic rings. The third-order valence-corrected chi connectivity index (χ3v) is 0.658. The van der Waals surface area contributed by atoms with Crippen molar-refractivity contribution in [3.8, 4) is 11.8 Å². The van der Waals surface area contributed by atoms with Crippen molar-refractivity contribution in [3.63, 3.8) is 0 Å². The summed E-state index contributed by atoms with van der Waals surface area (Å²) in [6.07, 6.45) is 0. The Bertz CT molecular complexity index is 129. The van der Waals surface area contributed by atoms with Crippen LogP contribution >= 0.6 is 0 Å². The highest BCUT2D eigenvalue weighted by atomic mass is 19.1. The summed E-state index contributed by atoms with van der Waals surface area (Å²) in [5, 5.41) is 0. The Kier molecular flexibility index (Phi) is 2.70. The first-order valence-corrected chi connectivity index (χ1v) is 3.13. The molecule has 0 atom stereocenters. The summed E-state index contributed by atoms with van der Waals surface area (Å²) in [6.45, 7) is 6.81. The summed E-state index contributed by atoms with van der Waals surface area (Å²) in [4.78, 5) is 0. The van der Waals surface area contributed by atoms with E-state index in [2.05, 4.69) is 11.8 Å². The SMILES string of the molecule is CC(C)C#CC(C)(C)F. The first-order valence-electron chi connectivity index (χ1n) is 3.13. The van der Waals surface area contributed by atoms with Crippen LogP contribution in [0.1, 0.15) is 27.7 Å². The zero-order valence-corrected chi connectivity index (χ0v) is 6.46. The molecule has 0 fully saturated rings. The molecule has 0 aromatic carbocycles. The van der Waals surface area contributed by atoms with Crippen LogP contribution in [0.4, 0.5) is 4.39 Å². The smallest absolute Gasteiger partial charge is 0.165 e. The maximum atomic E-state index is 12.6. The Hall–Kier alpha value is -0.510. The van der Waals surface area contributed by atoms with Gasteiger partial charge in [0.25, 0.3) is 0 Å². The number of hydrogen-bond acceptors (Lipinski definition) is 0. The summed E-state index contributed by atoms with van der Waals surface area (Å²) in [5.74, 6) is 5.53. The first kappa shape index (κ1) is 8.49. The van der Waals surface area contributed by atoms with Crippen LogP contribution in [0.15, 0.2) is 0 Å². The van der Waals surface area contributed by atoms with Crippen LogP contribution in [-0.4, -0.2) is 5.67 Å². The Balaban J connectivity index is 3.88. The van der Waals surface area contributed by atoms with Gasteiger partial charge in [-0.05, 0) is 13.8 Å². The van der Waals surface area contributed by atoms with E-state index in [9.17, 15) is 4.39 Å². The number of hydrogen-bond donors (Lipinski definition) is 0. The van der Waals surface area contributed by atoms with E-state index in [0.717, 1.165) is 0 Å². The quantitative estimate of drug-likeness (QED) is 0.439. The molecule has 0 bridgehead atoms. The molecule has 0 saturated carbocycles. The van der Waals surface area contributed by atoms with Crippen molar-refractivity contribution >= 4 is 0 Å². The average Bonchev–Trinajstić information content (AvgIpc) is 1.59. The fourth-order valence-electron chi connectivity index (χ4n) is 0.316. The summed E-state index contributed by atoms with van der Waals surface area (Å²) in [5.41, 5.74) is -1.33. The molecule has 0 rings (SSSR count). The second-order valence-corrected chi connectivity index (χ2v) is 2.90. The van der Waals surface area contributed by atoms with E-state index in [-0.39, 0.29) is 5.92 Å². The van der Waals surface area contributed by atoms with Crippen LogP contribution in [0.2, 0.25) is 0 Å². The van der Waals surface area contributed by atoms with Crippen LogP contribution in [0.5, 0.6) is 0 Å². The molecule has 9 heavy (non-hydrogen) atoms. The molecular formula is C8H13F. The Morgan fingerprint density at radius 1 is 1.33 bits per heavy atom. The van der Waals surface area contributed by atoms with Gasteiger partial charge in [-0.1, -0.05) is 25.7 Å². The van der Waals surface area contributed by atoms with Crippen LogP contribution in [0.3, 0.4) is 0 Å². The van der Waals surface area contributed by atoms with Gasteiger partial charge in [0.15, 0.2) is 5.67 Å². The van der Waals surface area contributed by atoms with E-state index in [1.807, 2.05) is 13.8 Å². The second kappa shape index (κ2) is 2.87. The minimum absolute atomic E-state index is 0.264. The summed E-state index contributed by atoms with van der Waals surface area (Å²) in [7, 11) is 0. The van der Waals surface area contributed by atoms with E-state index in [1.54, 1.807) is 0 Å². The monoisotopic (exact) mass is 128 g/mol. The molecular weight excluding hydrogens is 115 g/mol. The summed E-state index contributed by atoms with van der Waals surface area (Å²) >= 11 is 0. The largest absolute Gasteiger partial charge is 0.230 e. The van der Waals surface area contributed by atoms with Gasteiger partial charge in [-0.15, -0.1) is 0 Å². The maximum absolute atomic E-state index is 12.6. The number of alkyl halides is 1. The summed E-state index contributed by atoms with van der Waals surface area (Å²) in [6, 6.07) is 0. The van der Waals surface area contributed by atoms with E-state index >= 15 is 0 Å². The molecule has 0 saturated heterocycles. The standard InChI is InChI=1S/C8H13F/c1-7(2)5-6-8(3,4)9/h7H,1-4H3. The lowest BCUT2D eigenvalue weighted by Gasteiger charge is -2.02. The lowest BCUT2D eigenvalue weighted by atomic mass is 10.1. The minimum Gasteiger partial charge on any atom is -0.230 e. The Morgan fingerprint density at radius 3 is 1.89 bits per heavy atom. The summed E-state index contributed by atoms with van der Waals surface area (Å²) < 4.78 is 12.6. The zero-order chi connectivity index (χ0) is 7.49. The normalized spacial score (nSPS) is 10.9. The maximum Gasteiger partial charge on any atom is 0.165 e.